The predicted octanol–water partition coefficient (Wildman–Crippen LogP) is 0.736. The molecule has 0 radical (unpaired) electrons. The van der Waals surface area contributed by atoms with E-state index in [9.17, 15) is 0 Å². The van der Waals surface area contributed by atoms with Crippen LogP contribution in [0.15, 0.2) is 0 Å². The van der Waals surface area contributed by atoms with Crippen molar-refractivity contribution in [1.29, 1.82) is 0 Å². The van der Waals surface area contributed by atoms with Crippen molar-refractivity contribution in [2.45, 2.75) is 38.3 Å². The highest BCUT2D eigenvalue weighted by molar-refractivity contribution is 4.86. The molecule has 1 aliphatic carbocycles. The monoisotopic (exact) mass is 142 g/mol. The maximum atomic E-state index is 3.48. The van der Waals surface area contributed by atoms with Crippen molar-refractivity contribution in [1.82, 2.24) is 10.6 Å². The van der Waals surface area contributed by atoms with Gasteiger partial charge in [0, 0.05) is 12.1 Å². The summed E-state index contributed by atoms with van der Waals surface area (Å²) in [6.07, 6.45) is 4.07. The number of likely N-dealkylation sites (N-methyl/N-ethyl adjacent to an activating group) is 2. The summed E-state index contributed by atoms with van der Waals surface area (Å²) in [6.45, 7) is 3.27. The minimum atomic E-state index is 0.722. The van der Waals surface area contributed by atoms with Gasteiger partial charge in [-0.25, -0.2) is 0 Å². The van der Waals surface area contributed by atoms with Gasteiger partial charge < -0.3 is 10.6 Å². The zero-order chi connectivity index (χ0) is 7.40. The van der Waals surface area contributed by atoms with Crippen LogP contribution < -0.4 is 10.6 Å². The predicted molar refractivity (Wildman–Crippen MR) is 44.2 cm³/mol. The summed E-state index contributed by atoms with van der Waals surface area (Å²) < 4.78 is 0. The van der Waals surface area contributed by atoms with E-state index in [1.54, 1.807) is 0 Å². The Balaban J connectivity index is 2.27. The normalized spacial score (nSPS) is 33.0. The maximum Gasteiger partial charge on any atom is 0.0220 e. The van der Waals surface area contributed by atoms with Crippen LogP contribution in [0.1, 0.15) is 26.2 Å². The van der Waals surface area contributed by atoms with Crippen LogP contribution in [-0.2, 0) is 0 Å². The highest BCUT2D eigenvalue weighted by Crippen LogP contribution is 2.18. The van der Waals surface area contributed by atoms with Gasteiger partial charge in [0.05, 0.1) is 0 Å². The summed E-state index contributed by atoms with van der Waals surface area (Å²) in [5.41, 5.74) is 0. The van der Waals surface area contributed by atoms with E-state index in [1.165, 1.54) is 19.3 Å². The average molecular weight is 142 g/mol. The molecule has 1 fully saturated rings. The highest BCUT2D eigenvalue weighted by atomic mass is 15.0. The maximum absolute atomic E-state index is 3.48. The SMILES string of the molecule is CCNC1CCCC1NC. The molecule has 0 aromatic rings. The van der Waals surface area contributed by atoms with Gasteiger partial charge in [0.1, 0.15) is 0 Å². The molecule has 60 valence electrons. The van der Waals surface area contributed by atoms with Crippen molar-refractivity contribution in [3.8, 4) is 0 Å². The van der Waals surface area contributed by atoms with Crippen molar-refractivity contribution in [3.63, 3.8) is 0 Å². The molecular formula is C8H18N2. The molecule has 2 N–H and O–H groups in total. The quantitative estimate of drug-likeness (QED) is 0.607. The molecule has 0 saturated heterocycles. The Labute approximate surface area is 63.4 Å². The summed E-state index contributed by atoms with van der Waals surface area (Å²) in [5.74, 6) is 0. The van der Waals surface area contributed by atoms with Crippen molar-refractivity contribution in [2.24, 2.45) is 0 Å². The van der Waals surface area contributed by atoms with E-state index < -0.39 is 0 Å². The molecule has 0 spiro atoms. The van der Waals surface area contributed by atoms with Crippen LogP contribution in [0.25, 0.3) is 0 Å². The van der Waals surface area contributed by atoms with Crippen LogP contribution in [-0.4, -0.2) is 25.7 Å². The van der Waals surface area contributed by atoms with Crippen molar-refractivity contribution >= 4 is 0 Å². The summed E-state index contributed by atoms with van der Waals surface area (Å²) >= 11 is 0. The Hall–Kier alpha value is -0.0800. The second kappa shape index (κ2) is 3.94. The van der Waals surface area contributed by atoms with E-state index in [0.717, 1.165) is 18.6 Å². The van der Waals surface area contributed by atoms with Crippen LogP contribution >= 0.6 is 0 Å². The number of hydrogen-bond acceptors (Lipinski definition) is 2. The van der Waals surface area contributed by atoms with E-state index in [-0.39, 0.29) is 0 Å². The highest BCUT2D eigenvalue weighted by Gasteiger charge is 2.24. The number of rotatable bonds is 3. The molecule has 0 amide bonds. The van der Waals surface area contributed by atoms with Crippen LogP contribution in [0, 0.1) is 0 Å². The summed E-state index contributed by atoms with van der Waals surface area (Å²) in [7, 11) is 2.06. The second-order valence-electron chi connectivity index (χ2n) is 2.99. The Morgan fingerprint density at radius 1 is 1.30 bits per heavy atom. The largest absolute Gasteiger partial charge is 0.315 e. The number of hydrogen-bond donors (Lipinski definition) is 2. The third kappa shape index (κ3) is 1.70. The molecule has 0 bridgehead atoms. The first-order chi connectivity index (χ1) is 4.88. The van der Waals surface area contributed by atoms with Crippen molar-refractivity contribution in [2.75, 3.05) is 13.6 Å². The zero-order valence-electron chi connectivity index (χ0n) is 6.98. The Morgan fingerprint density at radius 3 is 2.60 bits per heavy atom. The van der Waals surface area contributed by atoms with Gasteiger partial charge in [-0.15, -0.1) is 0 Å². The minimum Gasteiger partial charge on any atom is -0.315 e. The first kappa shape index (κ1) is 8.02. The molecule has 2 atom stereocenters. The molecule has 0 heterocycles. The minimum absolute atomic E-state index is 0.722. The molecule has 1 rings (SSSR count). The number of nitrogens with one attached hydrogen (secondary N) is 2. The van der Waals surface area contributed by atoms with Crippen LogP contribution in [0.2, 0.25) is 0 Å². The summed E-state index contributed by atoms with van der Waals surface area (Å²) in [4.78, 5) is 0. The lowest BCUT2D eigenvalue weighted by atomic mass is 10.2. The molecular weight excluding hydrogens is 124 g/mol. The van der Waals surface area contributed by atoms with E-state index in [0.29, 0.717) is 0 Å². The Morgan fingerprint density at radius 2 is 2.00 bits per heavy atom. The Bertz CT molecular complexity index is 93.3. The molecule has 1 aliphatic rings. The zero-order valence-corrected chi connectivity index (χ0v) is 6.98. The van der Waals surface area contributed by atoms with Crippen LogP contribution in [0.5, 0.6) is 0 Å². The van der Waals surface area contributed by atoms with E-state index in [4.69, 9.17) is 0 Å². The van der Waals surface area contributed by atoms with E-state index in [2.05, 4.69) is 24.6 Å². The van der Waals surface area contributed by atoms with Crippen molar-refractivity contribution < 1.29 is 0 Å². The van der Waals surface area contributed by atoms with Gasteiger partial charge in [-0.2, -0.15) is 0 Å². The lowest BCUT2D eigenvalue weighted by Gasteiger charge is -2.19. The van der Waals surface area contributed by atoms with Gasteiger partial charge in [-0.05, 0) is 26.4 Å². The van der Waals surface area contributed by atoms with E-state index >= 15 is 0 Å². The van der Waals surface area contributed by atoms with Crippen LogP contribution in [0.4, 0.5) is 0 Å². The first-order valence-electron chi connectivity index (χ1n) is 4.29. The third-order valence-corrected chi connectivity index (χ3v) is 2.35. The standard InChI is InChI=1S/C8H18N2/c1-3-10-8-6-4-5-7(8)9-2/h7-10H,3-6H2,1-2H3. The third-order valence-electron chi connectivity index (χ3n) is 2.35. The van der Waals surface area contributed by atoms with Crippen LogP contribution in [0.3, 0.4) is 0 Å². The average Bonchev–Trinajstić information content (AvgIpc) is 2.36. The second-order valence-corrected chi connectivity index (χ2v) is 2.99. The van der Waals surface area contributed by atoms with E-state index in [1.807, 2.05) is 0 Å². The molecule has 2 nitrogen and oxygen atoms in total. The fourth-order valence-corrected chi connectivity index (χ4v) is 1.81. The molecule has 1 saturated carbocycles. The van der Waals surface area contributed by atoms with Gasteiger partial charge >= 0.3 is 0 Å². The van der Waals surface area contributed by atoms with Gasteiger partial charge in [-0.1, -0.05) is 13.3 Å². The van der Waals surface area contributed by atoms with Gasteiger partial charge in [0.25, 0.3) is 0 Å². The summed E-state index contributed by atoms with van der Waals surface area (Å²) in [5, 5.41) is 6.82. The molecule has 2 unspecified atom stereocenters. The Kier molecular flexibility index (Phi) is 3.16. The lowest BCUT2D eigenvalue weighted by Crippen LogP contribution is -2.42. The molecule has 0 aromatic carbocycles. The molecule has 10 heavy (non-hydrogen) atoms. The topological polar surface area (TPSA) is 24.1 Å². The first-order valence-corrected chi connectivity index (χ1v) is 4.29. The fourth-order valence-electron chi connectivity index (χ4n) is 1.81. The van der Waals surface area contributed by atoms with Gasteiger partial charge in [-0.3, -0.25) is 0 Å². The van der Waals surface area contributed by atoms with Gasteiger partial charge in [0.15, 0.2) is 0 Å². The molecule has 0 aliphatic heterocycles. The van der Waals surface area contributed by atoms with Crippen molar-refractivity contribution in [3.05, 3.63) is 0 Å². The molecule has 2 heteroatoms. The smallest absolute Gasteiger partial charge is 0.0220 e. The fraction of sp³-hybridized carbons (Fsp3) is 1.00. The van der Waals surface area contributed by atoms with Gasteiger partial charge in [0.2, 0.25) is 0 Å². The summed E-state index contributed by atoms with van der Waals surface area (Å²) in [6, 6.07) is 1.45. The lowest BCUT2D eigenvalue weighted by molar-refractivity contribution is 0.441. The molecule has 0 aromatic heterocycles.